The van der Waals surface area contributed by atoms with Crippen LogP contribution in [0.15, 0.2) is 41.2 Å². The lowest BCUT2D eigenvalue weighted by Gasteiger charge is -2.17. The Morgan fingerprint density at radius 2 is 1.95 bits per heavy atom. The Bertz CT molecular complexity index is 790. The summed E-state index contributed by atoms with van der Waals surface area (Å²) in [5, 5.41) is 6.24. The van der Waals surface area contributed by atoms with Crippen molar-refractivity contribution in [1.29, 1.82) is 0 Å². The predicted octanol–water partition coefficient (Wildman–Crippen LogP) is 3.43. The summed E-state index contributed by atoms with van der Waals surface area (Å²) in [6, 6.07) is 7.93. The molecule has 0 amide bonds. The summed E-state index contributed by atoms with van der Waals surface area (Å²) < 4.78 is 5.47. The largest absolute Gasteiger partial charge is 0.334 e. The first-order chi connectivity index (χ1) is 10.3. The lowest BCUT2D eigenvalue weighted by Crippen LogP contribution is -2.34. The molecule has 0 unspecified atom stereocenters. The van der Waals surface area contributed by atoms with Gasteiger partial charge in [0.05, 0.1) is 5.54 Å². The van der Waals surface area contributed by atoms with E-state index in [1.807, 2.05) is 30.5 Å². The average molecular weight is 317 g/mol. The Hall–Kier alpha value is -1.98. The van der Waals surface area contributed by atoms with Crippen molar-refractivity contribution in [3.63, 3.8) is 0 Å². The van der Waals surface area contributed by atoms with Gasteiger partial charge >= 0.3 is 0 Å². The lowest BCUT2D eigenvalue weighted by atomic mass is 9.98. The third kappa shape index (κ3) is 2.36. The number of aromatic nitrogens is 3. The van der Waals surface area contributed by atoms with Crippen molar-refractivity contribution >= 4 is 23.2 Å². The number of nitrogens with two attached hydrogens (primary N) is 1. The van der Waals surface area contributed by atoms with Gasteiger partial charge in [0, 0.05) is 23.3 Å². The number of benzene rings is 1. The molecule has 6 heteroatoms. The van der Waals surface area contributed by atoms with E-state index in [0.29, 0.717) is 11.7 Å². The van der Waals surface area contributed by atoms with Crippen LogP contribution in [-0.2, 0) is 5.54 Å². The first-order valence-corrected chi connectivity index (χ1v) is 7.22. The first kappa shape index (κ1) is 14.9. The van der Waals surface area contributed by atoms with Gasteiger partial charge in [-0.15, -0.1) is 12.4 Å². The average Bonchev–Trinajstić information content (AvgIpc) is 3.16. The zero-order valence-corrected chi connectivity index (χ0v) is 12.8. The van der Waals surface area contributed by atoms with Crippen molar-refractivity contribution in [2.75, 3.05) is 0 Å². The molecule has 4 rings (SSSR count). The number of hydrogen-bond donors (Lipinski definition) is 1. The van der Waals surface area contributed by atoms with Crippen LogP contribution in [0.3, 0.4) is 0 Å². The van der Waals surface area contributed by atoms with Crippen LogP contribution >= 0.6 is 12.4 Å². The van der Waals surface area contributed by atoms with E-state index >= 15 is 0 Å². The van der Waals surface area contributed by atoms with Crippen molar-refractivity contribution in [2.24, 2.45) is 5.73 Å². The maximum Gasteiger partial charge on any atom is 0.258 e. The monoisotopic (exact) mass is 316 g/mol. The number of fused-ring (bicyclic) bond motifs is 1. The summed E-state index contributed by atoms with van der Waals surface area (Å²) in [6.45, 7) is 0. The molecule has 0 bridgehead atoms. The van der Waals surface area contributed by atoms with Gasteiger partial charge in [0.1, 0.15) is 0 Å². The fourth-order valence-corrected chi connectivity index (χ4v) is 3.07. The molecule has 1 aliphatic rings. The van der Waals surface area contributed by atoms with Crippen LogP contribution in [0.2, 0.25) is 0 Å². The van der Waals surface area contributed by atoms with Crippen LogP contribution < -0.4 is 5.73 Å². The van der Waals surface area contributed by atoms with Crippen molar-refractivity contribution in [1.82, 2.24) is 15.1 Å². The highest BCUT2D eigenvalue weighted by Gasteiger charge is 2.36. The molecule has 2 aromatic heterocycles. The highest BCUT2D eigenvalue weighted by molar-refractivity contribution is 5.94. The van der Waals surface area contributed by atoms with Crippen LogP contribution in [0.5, 0.6) is 0 Å². The van der Waals surface area contributed by atoms with Gasteiger partial charge < -0.3 is 10.3 Å². The van der Waals surface area contributed by atoms with E-state index in [4.69, 9.17) is 10.3 Å². The fraction of sp³-hybridized carbons (Fsp3) is 0.312. The highest BCUT2D eigenvalue weighted by Crippen LogP contribution is 2.36. The second kappa shape index (κ2) is 5.66. The Kier molecular flexibility index (Phi) is 3.85. The fourth-order valence-electron chi connectivity index (χ4n) is 3.07. The maximum atomic E-state index is 6.39. The van der Waals surface area contributed by atoms with Gasteiger partial charge in [-0.3, -0.25) is 4.98 Å². The van der Waals surface area contributed by atoms with E-state index in [-0.39, 0.29) is 12.4 Å². The summed E-state index contributed by atoms with van der Waals surface area (Å²) in [5.74, 6) is 1.15. The molecule has 2 N–H and O–H groups in total. The minimum absolute atomic E-state index is 0. The number of rotatable bonds is 2. The van der Waals surface area contributed by atoms with E-state index in [1.165, 1.54) is 0 Å². The van der Waals surface area contributed by atoms with Gasteiger partial charge in [-0.25, -0.2) is 0 Å². The van der Waals surface area contributed by atoms with E-state index in [9.17, 15) is 0 Å². The Balaban J connectivity index is 0.00000144. The molecule has 22 heavy (non-hydrogen) atoms. The minimum atomic E-state index is -0.423. The number of nitrogens with zero attached hydrogens (tertiary/aromatic N) is 3. The molecule has 0 aliphatic heterocycles. The zero-order chi connectivity index (χ0) is 14.3. The topological polar surface area (TPSA) is 77.8 Å². The predicted molar refractivity (Wildman–Crippen MR) is 86.6 cm³/mol. The molecular weight excluding hydrogens is 300 g/mol. The zero-order valence-electron chi connectivity index (χ0n) is 12.0. The van der Waals surface area contributed by atoms with Gasteiger partial charge in [0.25, 0.3) is 5.89 Å². The molecule has 3 aromatic rings. The van der Waals surface area contributed by atoms with Crippen LogP contribution in [-0.4, -0.2) is 15.1 Å². The van der Waals surface area contributed by atoms with Gasteiger partial charge in [-0.2, -0.15) is 4.98 Å². The van der Waals surface area contributed by atoms with Crippen LogP contribution in [0.1, 0.15) is 31.5 Å². The second-order valence-electron chi connectivity index (χ2n) is 5.69. The summed E-state index contributed by atoms with van der Waals surface area (Å²) in [6.07, 6.45) is 7.69. The summed E-state index contributed by atoms with van der Waals surface area (Å²) in [7, 11) is 0. The molecule has 1 fully saturated rings. The SMILES string of the molecule is Cl.NC1(c2noc(-c3cccc4cnccc34)n2)CCCC1. The normalized spacial score (nSPS) is 16.6. The number of hydrogen-bond acceptors (Lipinski definition) is 5. The molecule has 5 nitrogen and oxygen atoms in total. The van der Waals surface area contributed by atoms with Gasteiger partial charge in [-0.1, -0.05) is 30.1 Å². The Morgan fingerprint density at radius 3 is 2.77 bits per heavy atom. The van der Waals surface area contributed by atoms with Crippen molar-refractivity contribution in [2.45, 2.75) is 31.2 Å². The van der Waals surface area contributed by atoms with E-state index in [1.54, 1.807) is 6.20 Å². The first-order valence-electron chi connectivity index (χ1n) is 7.22. The molecule has 114 valence electrons. The molecule has 1 aromatic carbocycles. The molecule has 0 saturated heterocycles. The van der Waals surface area contributed by atoms with Crippen LogP contribution in [0, 0.1) is 0 Å². The highest BCUT2D eigenvalue weighted by atomic mass is 35.5. The third-order valence-electron chi connectivity index (χ3n) is 4.28. The third-order valence-corrected chi connectivity index (χ3v) is 4.28. The quantitative estimate of drug-likeness (QED) is 0.783. The van der Waals surface area contributed by atoms with E-state index in [0.717, 1.165) is 42.0 Å². The van der Waals surface area contributed by atoms with Crippen molar-refractivity contribution in [3.8, 4) is 11.5 Å². The summed E-state index contributed by atoms with van der Waals surface area (Å²) in [5.41, 5.74) is 6.89. The summed E-state index contributed by atoms with van der Waals surface area (Å²) >= 11 is 0. The van der Waals surface area contributed by atoms with E-state index in [2.05, 4.69) is 15.1 Å². The van der Waals surface area contributed by atoms with Gasteiger partial charge in [-0.05, 0) is 30.4 Å². The minimum Gasteiger partial charge on any atom is -0.334 e. The van der Waals surface area contributed by atoms with Crippen LogP contribution in [0.4, 0.5) is 0 Å². The molecule has 0 radical (unpaired) electrons. The molecular formula is C16H17ClN4O. The van der Waals surface area contributed by atoms with Gasteiger partial charge in [0.2, 0.25) is 0 Å². The van der Waals surface area contributed by atoms with Crippen molar-refractivity contribution in [3.05, 3.63) is 42.5 Å². The second-order valence-corrected chi connectivity index (χ2v) is 5.69. The molecule has 1 saturated carbocycles. The van der Waals surface area contributed by atoms with Gasteiger partial charge in [0.15, 0.2) is 5.82 Å². The standard InChI is InChI=1S/C16H16N4O.ClH/c17-16(7-1-2-8-16)15-19-14(21-20-15)13-5-3-4-11-10-18-9-6-12(11)13;/h3-6,9-10H,1-2,7-8,17H2;1H. The van der Waals surface area contributed by atoms with Crippen LogP contribution in [0.25, 0.3) is 22.2 Å². The molecule has 1 aliphatic carbocycles. The molecule has 0 spiro atoms. The number of pyridine rings is 1. The number of halogens is 1. The Labute approximate surface area is 134 Å². The summed E-state index contributed by atoms with van der Waals surface area (Å²) in [4.78, 5) is 8.70. The molecule has 2 heterocycles. The molecule has 0 atom stereocenters. The van der Waals surface area contributed by atoms with Crippen molar-refractivity contribution < 1.29 is 4.52 Å². The van der Waals surface area contributed by atoms with E-state index < -0.39 is 5.54 Å². The Morgan fingerprint density at radius 1 is 1.14 bits per heavy atom. The smallest absolute Gasteiger partial charge is 0.258 e. The lowest BCUT2D eigenvalue weighted by molar-refractivity contribution is 0.373. The maximum absolute atomic E-state index is 6.39.